The van der Waals surface area contributed by atoms with Gasteiger partial charge in [0.15, 0.2) is 5.96 Å². The monoisotopic (exact) mass is 209 g/mol. The van der Waals surface area contributed by atoms with E-state index in [9.17, 15) is 0 Å². The molecule has 0 spiro atoms. The highest BCUT2D eigenvalue weighted by Gasteiger charge is 2.23. The predicted octanol–water partition coefficient (Wildman–Crippen LogP) is 2.00. The Balaban J connectivity index is 2.42. The molecule has 1 unspecified atom stereocenters. The number of nitrogens with two attached hydrogens (primary N) is 1. The van der Waals surface area contributed by atoms with Crippen LogP contribution in [0.3, 0.4) is 0 Å². The summed E-state index contributed by atoms with van der Waals surface area (Å²) in [4.78, 5) is 6.59. The van der Waals surface area contributed by atoms with Crippen LogP contribution in [0.5, 0.6) is 0 Å². The molecule has 1 rings (SSSR count). The van der Waals surface area contributed by atoms with Crippen molar-refractivity contribution in [1.29, 1.82) is 0 Å². The molecule has 86 valence electrons. The minimum atomic E-state index is 0.296. The summed E-state index contributed by atoms with van der Waals surface area (Å²) < 4.78 is 0. The lowest BCUT2D eigenvalue weighted by Crippen LogP contribution is -2.36. The lowest BCUT2D eigenvalue weighted by Gasteiger charge is -2.19. The zero-order valence-corrected chi connectivity index (χ0v) is 9.95. The van der Waals surface area contributed by atoms with Crippen LogP contribution in [0, 0.1) is 5.92 Å². The minimum absolute atomic E-state index is 0.296. The van der Waals surface area contributed by atoms with E-state index in [0.717, 1.165) is 25.3 Å². The van der Waals surface area contributed by atoms with Crippen LogP contribution >= 0.6 is 0 Å². The topological polar surface area (TPSA) is 41.6 Å². The van der Waals surface area contributed by atoms with E-state index in [1.807, 2.05) is 13.1 Å². The molecule has 0 aromatic carbocycles. The molecule has 0 aromatic rings. The highest BCUT2D eigenvalue weighted by molar-refractivity contribution is 5.78. The molecular formula is C12H23N3. The van der Waals surface area contributed by atoms with Crippen molar-refractivity contribution in [2.75, 3.05) is 13.6 Å². The first-order valence-electron chi connectivity index (χ1n) is 5.82. The summed E-state index contributed by atoms with van der Waals surface area (Å²) in [5.74, 6) is 1.53. The molecular weight excluding hydrogens is 186 g/mol. The smallest absolute Gasteiger partial charge is 0.191 e. The predicted molar refractivity (Wildman–Crippen MR) is 65.9 cm³/mol. The quantitative estimate of drug-likeness (QED) is 0.413. The average molecular weight is 209 g/mol. The van der Waals surface area contributed by atoms with Crippen molar-refractivity contribution in [3.8, 4) is 0 Å². The summed E-state index contributed by atoms with van der Waals surface area (Å²) >= 11 is 0. The maximum Gasteiger partial charge on any atom is 0.191 e. The Hall–Kier alpha value is -0.990. The Morgan fingerprint density at radius 1 is 1.67 bits per heavy atom. The molecule has 0 bridgehead atoms. The normalized spacial score (nSPS) is 18.7. The van der Waals surface area contributed by atoms with Crippen molar-refractivity contribution in [3.05, 3.63) is 12.7 Å². The molecule has 2 N–H and O–H groups in total. The van der Waals surface area contributed by atoms with E-state index in [-0.39, 0.29) is 0 Å². The van der Waals surface area contributed by atoms with E-state index < -0.39 is 0 Å². The average Bonchev–Trinajstić information content (AvgIpc) is 3.00. The molecule has 0 saturated heterocycles. The first kappa shape index (κ1) is 12.1. The largest absolute Gasteiger partial charge is 0.370 e. The number of aliphatic imine (C=N–C) groups is 1. The Labute approximate surface area is 93.1 Å². The summed E-state index contributed by atoms with van der Waals surface area (Å²) in [6, 6.07) is 0.296. The van der Waals surface area contributed by atoms with Crippen molar-refractivity contribution in [2.45, 2.75) is 38.6 Å². The van der Waals surface area contributed by atoms with E-state index >= 15 is 0 Å². The molecule has 1 atom stereocenters. The first-order chi connectivity index (χ1) is 7.17. The van der Waals surface area contributed by atoms with Gasteiger partial charge in [-0.3, -0.25) is 0 Å². The summed E-state index contributed by atoms with van der Waals surface area (Å²) in [5.41, 5.74) is 5.94. The summed E-state index contributed by atoms with van der Waals surface area (Å²) in [5, 5.41) is 0. The number of hydrogen-bond donors (Lipinski definition) is 1. The maximum atomic E-state index is 5.94. The van der Waals surface area contributed by atoms with Gasteiger partial charge in [0, 0.05) is 13.6 Å². The molecule has 0 amide bonds. The molecule has 1 aliphatic carbocycles. The van der Waals surface area contributed by atoms with Gasteiger partial charge in [-0.1, -0.05) is 13.0 Å². The zero-order chi connectivity index (χ0) is 11.3. The fourth-order valence-electron chi connectivity index (χ4n) is 1.57. The van der Waals surface area contributed by atoms with Crippen molar-refractivity contribution in [1.82, 2.24) is 4.90 Å². The van der Waals surface area contributed by atoms with Crippen LogP contribution in [-0.2, 0) is 0 Å². The molecule has 0 aliphatic heterocycles. The summed E-state index contributed by atoms with van der Waals surface area (Å²) in [6.07, 6.45) is 6.53. The van der Waals surface area contributed by atoms with Crippen LogP contribution in [-0.4, -0.2) is 30.5 Å². The van der Waals surface area contributed by atoms with Crippen LogP contribution in [0.25, 0.3) is 0 Å². The molecule has 3 heteroatoms. The third-order valence-electron chi connectivity index (χ3n) is 2.84. The second-order valence-corrected chi connectivity index (χ2v) is 4.40. The molecule has 1 saturated carbocycles. The second-order valence-electron chi connectivity index (χ2n) is 4.40. The second kappa shape index (κ2) is 5.79. The van der Waals surface area contributed by atoms with Crippen molar-refractivity contribution in [2.24, 2.45) is 16.6 Å². The van der Waals surface area contributed by atoms with Crippen LogP contribution in [0.1, 0.15) is 32.6 Å². The van der Waals surface area contributed by atoms with Gasteiger partial charge in [0.2, 0.25) is 0 Å². The number of nitrogens with zero attached hydrogens (tertiary/aromatic N) is 2. The summed E-state index contributed by atoms with van der Waals surface area (Å²) in [6.45, 7) is 6.92. The highest BCUT2D eigenvalue weighted by atomic mass is 15.2. The Morgan fingerprint density at radius 3 is 2.80 bits per heavy atom. The molecule has 0 radical (unpaired) electrons. The van der Waals surface area contributed by atoms with Crippen molar-refractivity contribution >= 4 is 5.96 Å². The van der Waals surface area contributed by atoms with E-state index in [1.54, 1.807) is 0 Å². The van der Waals surface area contributed by atoms with Crippen LogP contribution in [0.4, 0.5) is 0 Å². The zero-order valence-electron chi connectivity index (χ0n) is 9.95. The van der Waals surface area contributed by atoms with Gasteiger partial charge in [-0.2, -0.15) is 0 Å². The number of hydrogen-bond acceptors (Lipinski definition) is 1. The van der Waals surface area contributed by atoms with Crippen LogP contribution < -0.4 is 5.73 Å². The molecule has 1 aliphatic rings. The van der Waals surface area contributed by atoms with E-state index in [0.29, 0.717) is 12.0 Å². The van der Waals surface area contributed by atoms with Crippen LogP contribution in [0.15, 0.2) is 17.6 Å². The molecule has 3 nitrogen and oxygen atoms in total. The van der Waals surface area contributed by atoms with Gasteiger partial charge < -0.3 is 10.6 Å². The number of rotatable bonds is 6. The van der Waals surface area contributed by atoms with Gasteiger partial charge in [0.05, 0.1) is 6.04 Å². The fourth-order valence-corrected chi connectivity index (χ4v) is 1.57. The van der Waals surface area contributed by atoms with E-state index in [4.69, 9.17) is 5.73 Å². The SMILES string of the molecule is C=CCC(CC)N=C(N)N(C)CC1CC1. The Morgan fingerprint density at radius 2 is 2.33 bits per heavy atom. The van der Waals surface area contributed by atoms with E-state index in [2.05, 4.69) is 23.4 Å². The van der Waals surface area contributed by atoms with Gasteiger partial charge in [-0.15, -0.1) is 6.58 Å². The lowest BCUT2D eigenvalue weighted by molar-refractivity contribution is 0.463. The standard InChI is InChI=1S/C12H23N3/c1-4-6-11(5-2)14-12(13)15(3)9-10-7-8-10/h4,10-11H,1,5-9H2,2-3H3,(H2,13,14). The molecule has 15 heavy (non-hydrogen) atoms. The van der Waals surface area contributed by atoms with Gasteiger partial charge in [0.25, 0.3) is 0 Å². The molecule has 0 aromatic heterocycles. The first-order valence-corrected chi connectivity index (χ1v) is 5.82. The van der Waals surface area contributed by atoms with Crippen LogP contribution in [0.2, 0.25) is 0 Å². The molecule has 0 heterocycles. The van der Waals surface area contributed by atoms with Gasteiger partial charge in [0.1, 0.15) is 0 Å². The third-order valence-corrected chi connectivity index (χ3v) is 2.84. The van der Waals surface area contributed by atoms with Crippen molar-refractivity contribution in [3.63, 3.8) is 0 Å². The highest BCUT2D eigenvalue weighted by Crippen LogP contribution is 2.29. The van der Waals surface area contributed by atoms with Gasteiger partial charge in [-0.25, -0.2) is 4.99 Å². The van der Waals surface area contributed by atoms with E-state index in [1.165, 1.54) is 12.8 Å². The number of guanidine groups is 1. The summed E-state index contributed by atoms with van der Waals surface area (Å²) in [7, 11) is 2.03. The van der Waals surface area contributed by atoms with Crippen molar-refractivity contribution < 1.29 is 0 Å². The fraction of sp³-hybridized carbons (Fsp3) is 0.750. The third kappa shape index (κ3) is 4.36. The van der Waals surface area contributed by atoms with Gasteiger partial charge >= 0.3 is 0 Å². The maximum absolute atomic E-state index is 5.94. The van der Waals surface area contributed by atoms with Gasteiger partial charge in [-0.05, 0) is 31.6 Å². The minimum Gasteiger partial charge on any atom is -0.370 e. The Kier molecular flexibility index (Phi) is 4.66. The Bertz CT molecular complexity index is 231. The lowest BCUT2D eigenvalue weighted by atomic mass is 10.2. The molecule has 1 fully saturated rings.